The molecule has 0 heterocycles. The van der Waals surface area contributed by atoms with Crippen LogP contribution in [0.3, 0.4) is 0 Å². The second kappa shape index (κ2) is 7.01. The fourth-order valence-electron chi connectivity index (χ4n) is 1.55. The van der Waals surface area contributed by atoms with E-state index in [-0.39, 0.29) is 24.4 Å². The molecule has 0 aromatic heterocycles. The van der Waals surface area contributed by atoms with Gasteiger partial charge in [0.25, 0.3) is 0 Å². The van der Waals surface area contributed by atoms with E-state index in [1.54, 1.807) is 12.1 Å². The maximum Gasteiger partial charge on any atom is 0.220 e. The highest BCUT2D eigenvalue weighted by Gasteiger charge is 2.08. The molecular formula is C13H18FNO2. The van der Waals surface area contributed by atoms with Gasteiger partial charge in [0.15, 0.2) is 0 Å². The maximum absolute atomic E-state index is 12.7. The van der Waals surface area contributed by atoms with E-state index < -0.39 is 0 Å². The van der Waals surface area contributed by atoms with Crippen LogP contribution in [0.25, 0.3) is 0 Å². The number of aliphatic hydroxyl groups is 1. The zero-order valence-corrected chi connectivity index (χ0v) is 9.95. The van der Waals surface area contributed by atoms with Gasteiger partial charge >= 0.3 is 0 Å². The average molecular weight is 239 g/mol. The van der Waals surface area contributed by atoms with Gasteiger partial charge < -0.3 is 10.4 Å². The molecule has 2 N–H and O–H groups in total. The first kappa shape index (κ1) is 13.6. The molecule has 1 rings (SSSR count). The van der Waals surface area contributed by atoms with Crippen LogP contribution in [0.15, 0.2) is 24.3 Å². The summed E-state index contributed by atoms with van der Waals surface area (Å²) in [7, 11) is 0. The van der Waals surface area contributed by atoms with Crippen molar-refractivity contribution in [2.45, 2.75) is 32.2 Å². The molecule has 0 aliphatic carbocycles. The van der Waals surface area contributed by atoms with Crippen LogP contribution in [0.1, 0.15) is 37.8 Å². The second-order valence-electron chi connectivity index (χ2n) is 4.02. The lowest BCUT2D eigenvalue weighted by Crippen LogP contribution is -2.26. The first-order chi connectivity index (χ1) is 8.13. The topological polar surface area (TPSA) is 49.3 Å². The summed E-state index contributed by atoms with van der Waals surface area (Å²) in [5.74, 6) is -0.328. The van der Waals surface area contributed by atoms with E-state index >= 15 is 0 Å². The summed E-state index contributed by atoms with van der Waals surface area (Å²) in [6.07, 6.45) is 1.73. The number of benzene rings is 1. The second-order valence-corrected chi connectivity index (χ2v) is 4.02. The van der Waals surface area contributed by atoms with E-state index in [2.05, 4.69) is 5.32 Å². The summed E-state index contributed by atoms with van der Waals surface area (Å²) in [5.41, 5.74) is 0.877. The van der Waals surface area contributed by atoms with Crippen LogP contribution in [-0.4, -0.2) is 17.6 Å². The average Bonchev–Trinajstić information content (AvgIpc) is 2.30. The van der Waals surface area contributed by atoms with Crippen molar-refractivity contribution in [1.82, 2.24) is 5.32 Å². The largest absolute Gasteiger partial charge is 0.396 e. The number of carbonyl (C=O) groups is 1. The smallest absolute Gasteiger partial charge is 0.220 e. The van der Waals surface area contributed by atoms with Crippen molar-refractivity contribution < 1.29 is 14.3 Å². The Labute approximate surface area is 101 Å². The molecule has 4 heteroatoms. The quantitative estimate of drug-likeness (QED) is 0.747. The molecule has 0 aliphatic heterocycles. The molecule has 0 radical (unpaired) electrons. The number of hydrogen-bond acceptors (Lipinski definition) is 2. The third-order valence-corrected chi connectivity index (χ3v) is 2.56. The van der Waals surface area contributed by atoms with Gasteiger partial charge in [-0.25, -0.2) is 4.39 Å². The molecule has 0 fully saturated rings. The molecule has 94 valence electrons. The van der Waals surface area contributed by atoms with Crippen molar-refractivity contribution >= 4 is 5.91 Å². The van der Waals surface area contributed by atoms with Gasteiger partial charge in [-0.1, -0.05) is 12.1 Å². The lowest BCUT2D eigenvalue weighted by Gasteiger charge is -2.14. The minimum absolute atomic E-state index is 0.0460. The molecule has 1 aromatic carbocycles. The highest BCUT2D eigenvalue weighted by Crippen LogP contribution is 2.13. The minimum atomic E-state index is -0.282. The SMILES string of the molecule is C[C@@H](NC(=O)CCCCO)c1ccc(F)cc1. The molecule has 0 unspecified atom stereocenters. The molecule has 1 amide bonds. The van der Waals surface area contributed by atoms with Crippen LogP contribution in [-0.2, 0) is 4.79 Å². The number of hydrogen-bond donors (Lipinski definition) is 2. The van der Waals surface area contributed by atoms with Gasteiger partial charge in [-0.05, 0) is 37.5 Å². The molecule has 0 bridgehead atoms. The fourth-order valence-corrected chi connectivity index (χ4v) is 1.55. The van der Waals surface area contributed by atoms with Gasteiger partial charge in [0.1, 0.15) is 5.82 Å². The summed E-state index contributed by atoms with van der Waals surface area (Å²) >= 11 is 0. The lowest BCUT2D eigenvalue weighted by atomic mass is 10.1. The highest BCUT2D eigenvalue weighted by molar-refractivity contribution is 5.76. The van der Waals surface area contributed by atoms with Crippen molar-refractivity contribution in [3.8, 4) is 0 Å². The van der Waals surface area contributed by atoms with Crippen molar-refractivity contribution in [1.29, 1.82) is 0 Å². The predicted octanol–water partition coefficient (Wildman–Crippen LogP) is 2.17. The van der Waals surface area contributed by atoms with Crippen LogP contribution in [0.2, 0.25) is 0 Å². The Hall–Kier alpha value is -1.42. The number of carbonyl (C=O) groups excluding carboxylic acids is 1. The standard InChI is InChI=1S/C13H18FNO2/c1-10(11-5-7-12(14)8-6-11)15-13(17)4-2-3-9-16/h5-8,10,16H,2-4,9H2,1H3,(H,15,17)/t10-/m1/s1. The van der Waals surface area contributed by atoms with E-state index in [4.69, 9.17) is 5.11 Å². The van der Waals surface area contributed by atoms with Crippen molar-refractivity contribution in [2.24, 2.45) is 0 Å². The zero-order chi connectivity index (χ0) is 12.7. The molecule has 0 aliphatic rings. The molecular weight excluding hydrogens is 221 g/mol. The first-order valence-electron chi connectivity index (χ1n) is 5.79. The van der Waals surface area contributed by atoms with E-state index in [0.29, 0.717) is 19.3 Å². The highest BCUT2D eigenvalue weighted by atomic mass is 19.1. The fraction of sp³-hybridized carbons (Fsp3) is 0.462. The van der Waals surface area contributed by atoms with Crippen molar-refractivity contribution in [3.05, 3.63) is 35.6 Å². The van der Waals surface area contributed by atoms with Gasteiger partial charge in [0, 0.05) is 13.0 Å². The van der Waals surface area contributed by atoms with Crippen LogP contribution >= 0.6 is 0 Å². The Morgan fingerprint density at radius 1 is 1.35 bits per heavy atom. The molecule has 3 nitrogen and oxygen atoms in total. The molecule has 1 aromatic rings. The van der Waals surface area contributed by atoms with E-state index in [9.17, 15) is 9.18 Å². The normalized spacial score (nSPS) is 12.2. The maximum atomic E-state index is 12.7. The van der Waals surface area contributed by atoms with E-state index in [1.165, 1.54) is 12.1 Å². The third kappa shape index (κ3) is 4.95. The lowest BCUT2D eigenvalue weighted by molar-refractivity contribution is -0.121. The number of halogens is 1. The predicted molar refractivity (Wildman–Crippen MR) is 63.9 cm³/mol. The summed E-state index contributed by atoms with van der Waals surface area (Å²) in [6, 6.07) is 5.95. The van der Waals surface area contributed by atoms with Crippen molar-refractivity contribution in [3.63, 3.8) is 0 Å². The van der Waals surface area contributed by atoms with Crippen LogP contribution < -0.4 is 5.32 Å². The molecule has 17 heavy (non-hydrogen) atoms. The van der Waals surface area contributed by atoms with E-state index in [1.807, 2.05) is 6.92 Å². The van der Waals surface area contributed by atoms with Crippen LogP contribution in [0.5, 0.6) is 0 Å². The van der Waals surface area contributed by atoms with Gasteiger partial charge in [0.2, 0.25) is 5.91 Å². The molecule has 0 saturated carbocycles. The number of aliphatic hydroxyl groups excluding tert-OH is 1. The van der Waals surface area contributed by atoms with Crippen LogP contribution in [0.4, 0.5) is 4.39 Å². The van der Waals surface area contributed by atoms with E-state index in [0.717, 1.165) is 5.56 Å². The summed E-state index contributed by atoms with van der Waals surface area (Å²) in [5, 5.41) is 11.4. The van der Waals surface area contributed by atoms with Gasteiger partial charge in [0.05, 0.1) is 6.04 Å². The number of nitrogens with one attached hydrogen (secondary N) is 1. The van der Waals surface area contributed by atoms with Gasteiger partial charge in [-0.3, -0.25) is 4.79 Å². The molecule has 1 atom stereocenters. The minimum Gasteiger partial charge on any atom is -0.396 e. The summed E-state index contributed by atoms with van der Waals surface area (Å²) in [4.78, 5) is 11.5. The van der Waals surface area contributed by atoms with Crippen molar-refractivity contribution in [2.75, 3.05) is 6.61 Å². The number of amides is 1. The monoisotopic (exact) mass is 239 g/mol. The number of unbranched alkanes of at least 4 members (excludes halogenated alkanes) is 1. The Balaban J connectivity index is 2.40. The van der Waals surface area contributed by atoms with Gasteiger partial charge in [-0.2, -0.15) is 0 Å². The number of rotatable bonds is 6. The van der Waals surface area contributed by atoms with Gasteiger partial charge in [-0.15, -0.1) is 0 Å². The Bertz CT molecular complexity index is 351. The Kier molecular flexibility index (Phi) is 5.63. The third-order valence-electron chi connectivity index (χ3n) is 2.56. The zero-order valence-electron chi connectivity index (χ0n) is 9.95. The summed E-state index contributed by atoms with van der Waals surface area (Å²) < 4.78 is 12.7. The summed E-state index contributed by atoms with van der Waals surface area (Å²) in [6.45, 7) is 1.97. The first-order valence-corrected chi connectivity index (χ1v) is 5.79. The Morgan fingerprint density at radius 2 is 2.00 bits per heavy atom. The van der Waals surface area contributed by atoms with Crippen LogP contribution in [0, 0.1) is 5.82 Å². The molecule has 0 spiro atoms. The molecule has 0 saturated heterocycles. The Morgan fingerprint density at radius 3 is 2.59 bits per heavy atom.